The highest BCUT2D eigenvalue weighted by Crippen LogP contribution is 2.10. The van der Waals surface area contributed by atoms with Gasteiger partial charge in [-0.2, -0.15) is 0 Å². The number of carboxylic acids is 1. The van der Waals surface area contributed by atoms with Crippen molar-refractivity contribution in [2.45, 2.75) is 32.2 Å². The van der Waals surface area contributed by atoms with Crippen LogP contribution in [0.5, 0.6) is 0 Å². The van der Waals surface area contributed by atoms with Gasteiger partial charge in [0.05, 0.1) is 0 Å². The third kappa shape index (κ3) is 4.78. The normalized spacial score (nSPS) is 14.5. The van der Waals surface area contributed by atoms with Crippen LogP contribution in [0.3, 0.4) is 0 Å². The van der Waals surface area contributed by atoms with Gasteiger partial charge in [-0.3, -0.25) is 15.0 Å². The van der Waals surface area contributed by atoms with E-state index in [4.69, 9.17) is 16.7 Å². The molecule has 0 spiro atoms. The molecular formula is C8H17N3O3. The molecule has 0 aliphatic heterocycles. The van der Waals surface area contributed by atoms with Gasteiger partial charge in [0.1, 0.15) is 6.04 Å². The van der Waals surface area contributed by atoms with Gasteiger partial charge < -0.3 is 10.8 Å². The maximum Gasteiger partial charge on any atom is 0.320 e. The van der Waals surface area contributed by atoms with Crippen LogP contribution < -0.4 is 17.0 Å². The molecule has 0 fully saturated rings. The molecule has 0 aromatic heterocycles. The van der Waals surface area contributed by atoms with E-state index in [0.717, 1.165) is 0 Å². The van der Waals surface area contributed by atoms with Gasteiger partial charge in [0.15, 0.2) is 0 Å². The van der Waals surface area contributed by atoms with E-state index in [0.29, 0.717) is 19.3 Å². The van der Waals surface area contributed by atoms with Crippen molar-refractivity contribution >= 4 is 11.9 Å². The minimum atomic E-state index is -1.01. The number of nitrogens with one attached hydrogen (secondary N) is 1. The Morgan fingerprint density at radius 1 is 1.50 bits per heavy atom. The summed E-state index contributed by atoms with van der Waals surface area (Å²) >= 11 is 0. The molecule has 0 bridgehead atoms. The van der Waals surface area contributed by atoms with E-state index in [9.17, 15) is 9.59 Å². The van der Waals surface area contributed by atoms with Gasteiger partial charge in [-0.25, -0.2) is 5.84 Å². The van der Waals surface area contributed by atoms with E-state index < -0.39 is 12.0 Å². The van der Waals surface area contributed by atoms with Crippen LogP contribution in [0.25, 0.3) is 0 Å². The second-order valence-corrected chi connectivity index (χ2v) is 3.30. The largest absolute Gasteiger partial charge is 0.480 e. The standard InChI is InChI=1S/C8H17N3O3/c1-5(7(9)8(13)14)3-2-4-6(12)11-10/h5,7H,2-4,9-10H2,1H3,(H,11,12)(H,13,14). The summed E-state index contributed by atoms with van der Waals surface area (Å²) in [6.45, 7) is 1.75. The monoisotopic (exact) mass is 203 g/mol. The van der Waals surface area contributed by atoms with E-state index in [1.165, 1.54) is 0 Å². The third-order valence-electron chi connectivity index (χ3n) is 2.12. The second-order valence-electron chi connectivity index (χ2n) is 3.30. The molecule has 0 aromatic rings. The van der Waals surface area contributed by atoms with Crippen LogP contribution in [0.4, 0.5) is 0 Å². The predicted molar refractivity (Wildman–Crippen MR) is 51.0 cm³/mol. The summed E-state index contributed by atoms with van der Waals surface area (Å²) in [5.41, 5.74) is 7.39. The fraction of sp³-hybridized carbons (Fsp3) is 0.750. The molecule has 0 aromatic carbocycles. The highest BCUT2D eigenvalue weighted by Gasteiger charge is 2.19. The van der Waals surface area contributed by atoms with Crippen molar-refractivity contribution in [3.63, 3.8) is 0 Å². The number of carbonyl (C=O) groups is 2. The molecule has 6 heteroatoms. The Labute approximate surface area is 82.6 Å². The lowest BCUT2D eigenvalue weighted by atomic mass is 9.96. The van der Waals surface area contributed by atoms with E-state index in [2.05, 4.69) is 0 Å². The van der Waals surface area contributed by atoms with E-state index >= 15 is 0 Å². The van der Waals surface area contributed by atoms with Crippen molar-refractivity contribution in [1.82, 2.24) is 5.43 Å². The van der Waals surface area contributed by atoms with Gasteiger partial charge in [-0.1, -0.05) is 6.92 Å². The van der Waals surface area contributed by atoms with E-state index in [1.807, 2.05) is 5.43 Å². The highest BCUT2D eigenvalue weighted by molar-refractivity contribution is 5.75. The lowest BCUT2D eigenvalue weighted by molar-refractivity contribution is -0.139. The molecule has 0 saturated carbocycles. The van der Waals surface area contributed by atoms with Crippen LogP contribution in [-0.4, -0.2) is 23.0 Å². The average molecular weight is 203 g/mol. The van der Waals surface area contributed by atoms with Crippen LogP contribution >= 0.6 is 0 Å². The first-order valence-corrected chi connectivity index (χ1v) is 4.47. The Hall–Kier alpha value is -1.14. The highest BCUT2D eigenvalue weighted by atomic mass is 16.4. The lowest BCUT2D eigenvalue weighted by Crippen LogP contribution is -2.36. The molecular weight excluding hydrogens is 186 g/mol. The number of nitrogens with two attached hydrogens (primary N) is 2. The maximum absolute atomic E-state index is 10.7. The molecule has 1 amide bonds. The Morgan fingerprint density at radius 2 is 2.07 bits per heavy atom. The Balaban J connectivity index is 3.68. The fourth-order valence-electron chi connectivity index (χ4n) is 1.08. The Morgan fingerprint density at radius 3 is 2.50 bits per heavy atom. The average Bonchev–Trinajstić information content (AvgIpc) is 2.15. The summed E-state index contributed by atoms with van der Waals surface area (Å²) in [5, 5.41) is 8.58. The molecule has 6 N–H and O–H groups in total. The smallest absolute Gasteiger partial charge is 0.320 e. The van der Waals surface area contributed by atoms with Gasteiger partial charge in [0.2, 0.25) is 5.91 Å². The van der Waals surface area contributed by atoms with E-state index in [-0.39, 0.29) is 11.8 Å². The summed E-state index contributed by atoms with van der Waals surface area (Å²) in [4.78, 5) is 21.2. The number of hydrazine groups is 1. The first kappa shape index (κ1) is 12.9. The Bertz CT molecular complexity index is 208. The molecule has 2 atom stereocenters. The first-order chi connectivity index (χ1) is 6.49. The van der Waals surface area contributed by atoms with Gasteiger partial charge in [-0.05, 0) is 18.8 Å². The zero-order valence-corrected chi connectivity index (χ0v) is 8.19. The van der Waals surface area contributed by atoms with Crippen LogP contribution in [0.15, 0.2) is 0 Å². The van der Waals surface area contributed by atoms with Crippen LogP contribution in [0.1, 0.15) is 26.2 Å². The molecule has 0 radical (unpaired) electrons. The summed E-state index contributed by atoms with van der Waals surface area (Å²) in [5.74, 6) is 3.48. The molecule has 6 nitrogen and oxygen atoms in total. The van der Waals surface area contributed by atoms with Crippen LogP contribution in [-0.2, 0) is 9.59 Å². The van der Waals surface area contributed by atoms with Crippen molar-refractivity contribution < 1.29 is 14.7 Å². The second kappa shape index (κ2) is 6.33. The molecule has 14 heavy (non-hydrogen) atoms. The zero-order valence-electron chi connectivity index (χ0n) is 8.19. The van der Waals surface area contributed by atoms with Crippen molar-refractivity contribution in [3.05, 3.63) is 0 Å². The summed E-state index contributed by atoms with van der Waals surface area (Å²) in [7, 11) is 0. The third-order valence-corrected chi connectivity index (χ3v) is 2.12. The van der Waals surface area contributed by atoms with Crippen molar-refractivity contribution in [2.75, 3.05) is 0 Å². The van der Waals surface area contributed by atoms with Gasteiger partial charge >= 0.3 is 5.97 Å². The number of rotatable bonds is 6. The first-order valence-electron chi connectivity index (χ1n) is 4.47. The zero-order chi connectivity index (χ0) is 11.1. The fourth-order valence-corrected chi connectivity index (χ4v) is 1.08. The van der Waals surface area contributed by atoms with Gasteiger partial charge in [0, 0.05) is 6.42 Å². The Kier molecular flexibility index (Phi) is 5.82. The van der Waals surface area contributed by atoms with Crippen molar-refractivity contribution in [2.24, 2.45) is 17.5 Å². The van der Waals surface area contributed by atoms with Crippen molar-refractivity contribution in [1.29, 1.82) is 0 Å². The molecule has 2 unspecified atom stereocenters. The molecule has 0 saturated heterocycles. The number of amides is 1. The molecule has 0 aliphatic carbocycles. The van der Waals surface area contributed by atoms with Gasteiger partial charge in [-0.15, -0.1) is 0 Å². The number of aliphatic carboxylic acids is 1. The van der Waals surface area contributed by atoms with E-state index in [1.54, 1.807) is 6.92 Å². The molecule has 0 rings (SSSR count). The number of carboxylic acid groups (broad SMARTS) is 1. The van der Waals surface area contributed by atoms with Crippen molar-refractivity contribution in [3.8, 4) is 0 Å². The quantitative estimate of drug-likeness (QED) is 0.256. The topological polar surface area (TPSA) is 118 Å². The number of carbonyl (C=O) groups excluding carboxylic acids is 1. The minimum Gasteiger partial charge on any atom is -0.480 e. The minimum absolute atomic E-state index is 0.141. The summed E-state index contributed by atoms with van der Waals surface area (Å²) < 4.78 is 0. The maximum atomic E-state index is 10.7. The van der Waals surface area contributed by atoms with Crippen LogP contribution in [0.2, 0.25) is 0 Å². The van der Waals surface area contributed by atoms with Gasteiger partial charge in [0.25, 0.3) is 0 Å². The predicted octanol–water partition coefficient (Wildman–Crippen LogP) is -0.805. The molecule has 82 valence electrons. The summed E-state index contributed by atoms with van der Waals surface area (Å²) in [6, 6.07) is -0.865. The van der Waals surface area contributed by atoms with Crippen LogP contribution in [0, 0.1) is 5.92 Å². The SMILES string of the molecule is CC(CCCC(=O)NN)C(N)C(=O)O. The lowest BCUT2D eigenvalue weighted by Gasteiger charge is -2.14. The molecule has 0 aliphatic rings. The summed E-state index contributed by atoms with van der Waals surface area (Å²) in [6.07, 6.45) is 1.49. The number of hydrogen-bond acceptors (Lipinski definition) is 4. The molecule has 0 heterocycles. The number of hydrogen-bond donors (Lipinski definition) is 4.